The number of hydrogen-bond acceptors (Lipinski definition) is 5. The van der Waals surface area contributed by atoms with Gasteiger partial charge in [-0.25, -0.2) is 0 Å². The Morgan fingerprint density at radius 1 is 1.25 bits per heavy atom. The van der Waals surface area contributed by atoms with Crippen LogP contribution in [0.1, 0.15) is 17.5 Å². The SMILES string of the molecule is COC(=O)CC1Cc2c(ccc(OC)c2OC)CC1=O. The Hall–Kier alpha value is -2.04. The molecule has 0 aliphatic heterocycles. The van der Waals surface area contributed by atoms with Crippen LogP contribution in [-0.4, -0.2) is 33.1 Å². The number of esters is 1. The molecule has 2 rings (SSSR count). The smallest absolute Gasteiger partial charge is 0.306 e. The molecule has 0 aromatic heterocycles. The molecule has 0 N–H and O–H groups in total. The number of benzene rings is 1. The van der Waals surface area contributed by atoms with E-state index in [0.29, 0.717) is 24.3 Å². The number of Topliss-reactive ketones (excluding diaryl/α,β-unsaturated/α-hetero) is 1. The van der Waals surface area contributed by atoms with E-state index in [9.17, 15) is 9.59 Å². The molecule has 1 aliphatic carbocycles. The average Bonchev–Trinajstić information content (AvgIpc) is 2.46. The van der Waals surface area contributed by atoms with Crippen molar-refractivity contribution in [1.82, 2.24) is 0 Å². The van der Waals surface area contributed by atoms with Crippen LogP contribution in [0.5, 0.6) is 11.5 Å². The second kappa shape index (κ2) is 5.94. The van der Waals surface area contributed by atoms with Crippen LogP contribution in [-0.2, 0) is 27.2 Å². The van der Waals surface area contributed by atoms with Gasteiger partial charge in [0.2, 0.25) is 0 Å². The van der Waals surface area contributed by atoms with Gasteiger partial charge in [-0.15, -0.1) is 0 Å². The summed E-state index contributed by atoms with van der Waals surface area (Å²) >= 11 is 0. The van der Waals surface area contributed by atoms with Gasteiger partial charge in [-0.2, -0.15) is 0 Å². The minimum absolute atomic E-state index is 0.0649. The molecule has 5 heteroatoms. The number of rotatable bonds is 4. The molecule has 0 bridgehead atoms. The number of methoxy groups -OCH3 is 3. The summed E-state index contributed by atoms with van der Waals surface area (Å²) in [4.78, 5) is 23.5. The van der Waals surface area contributed by atoms with Crippen LogP contribution < -0.4 is 9.47 Å². The zero-order valence-electron chi connectivity index (χ0n) is 11.9. The van der Waals surface area contributed by atoms with Crippen molar-refractivity contribution in [3.63, 3.8) is 0 Å². The van der Waals surface area contributed by atoms with Gasteiger partial charge < -0.3 is 14.2 Å². The lowest BCUT2D eigenvalue weighted by Gasteiger charge is -2.25. The maximum atomic E-state index is 12.1. The lowest BCUT2D eigenvalue weighted by atomic mass is 9.80. The Morgan fingerprint density at radius 3 is 2.60 bits per heavy atom. The predicted octanol–water partition coefficient (Wildman–Crippen LogP) is 1.55. The van der Waals surface area contributed by atoms with Gasteiger partial charge in [0.05, 0.1) is 27.8 Å². The van der Waals surface area contributed by atoms with E-state index < -0.39 is 0 Å². The topological polar surface area (TPSA) is 61.8 Å². The molecule has 5 nitrogen and oxygen atoms in total. The van der Waals surface area contributed by atoms with Crippen LogP contribution in [0.2, 0.25) is 0 Å². The molecule has 0 saturated carbocycles. The summed E-state index contributed by atoms with van der Waals surface area (Å²) in [6.45, 7) is 0. The molecule has 0 spiro atoms. The fourth-order valence-corrected chi connectivity index (χ4v) is 2.58. The highest BCUT2D eigenvalue weighted by molar-refractivity contribution is 5.89. The van der Waals surface area contributed by atoms with Crippen molar-refractivity contribution < 1.29 is 23.8 Å². The Balaban J connectivity index is 2.34. The van der Waals surface area contributed by atoms with Gasteiger partial charge in [-0.1, -0.05) is 6.07 Å². The Labute approximate surface area is 117 Å². The summed E-state index contributed by atoms with van der Waals surface area (Å²) in [5.74, 6) is 0.629. The number of fused-ring (bicyclic) bond motifs is 1. The van der Waals surface area contributed by atoms with Crippen molar-refractivity contribution in [1.29, 1.82) is 0 Å². The molecule has 108 valence electrons. The monoisotopic (exact) mass is 278 g/mol. The molecule has 0 amide bonds. The zero-order valence-corrected chi connectivity index (χ0v) is 11.9. The third-order valence-electron chi connectivity index (χ3n) is 3.66. The first-order valence-electron chi connectivity index (χ1n) is 6.43. The first kappa shape index (κ1) is 14.4. The molecule has 0 fully saturated rings. The highest BCUT2D eigenvalue weighted by atomic mass is 16.5. The standard InChI is InChI=1S/C15H18O5/c1-18-13-5-4-9-7-12(16)10(8-14(17)19-2)6-11(9)15(13)20-3/h4-5,10H,6-8H2,1-3H3. The Bertz CT molecular complexity index is 535. The Morgan fingerprint density at radius 2 is 2.00 bits per heavy atom. The largest absolute Gasteiger partial charge is 0.493 e. The van der Waals surface area contributed by atoms with E-state index in [0.717, 1.165) is 11.1 Å². The Kier molecular flexibility index (Phi) is 4.27. The summed E-state index contributed by atoms with van der Waals surface area (Å²) in [5.41, 5.74) is 1.88. The lowest BCUT2D eigenvalue weighted by molar-refractivity contribution is -0.143. The summed E-state index contributed by atoms with van der Waals surface area (Å²) in [6, 6.07) is 3.68. The normalized spacial score (nSPS) is 17.4. The highest BCUT2D eigenvalue weighted by Gasteiger charge is 2.31. The van der Waals surface area contributed by atoms with Crippen molar-refractivity contribution in [3.05, 3.63) is 23.3 Å². The average molecular weight is 278 g/mol. The number of ketones is 1. The van der Waals surface area contributed by atoms with E-state index in [1.165, 1.54) is 7.11 Å². The first-order valence-corrected chi connectivity index (χ1v) is 6.43. The second-order valence-corrected chi connectivity index (χ2v) is 4.76. The quantitative estimate of drug-likeness (QED) is 0.782. The molecule has 0 saturated heterocycles. The summed E-state index contributed by atoms with van der Waals surface area (Å²) in [6.07, 6.45) is 0.899. The van der Waals surface area contributed by atoms with E-state index in [1.807, 2.05) is 6.07 Å². The van der Waals surface area contributed by atoms with E-state index >= 15 is 0 Å². The van der Waals surface area contributed by atoms with Gasteiger partial charge >= 0.3 is 5.97 Å². The van der Waals surface area contributed by atoms with Crippen LogP contribution >= 0.6 is 0 Å². The van der Waals surface area contributed by atoms with Gasteiger partial charge in [-0.3, -0.25) is 9.59 Å². The van der Waals surface area contributed by atoms with Crippen LogP contribution in [0.3, 0.4) is 0 Å². The van der Waals surface area contributed by atoms with Gasteiger partial charge in [-0.05, 0) is 18.1 Å². The number of hydrogen-bond donors (Lipinski definition) is 0. The van der Waals surface area contributed by atoms with Gasteiger partial charge in [0.25, 0.3) is 0 Å². The molecular formula is C15H18O5. The fourth-order valence-electron chi connectivity index (χ4n) is 2.58. The number of carbonyl (C=O) groups is 2. The zero-order chi connectivity index (χ0) is 14.7. The van der Waals surface area contributed by atoms with Crippen LogP contribution in [0, 0.1) is 5.92 Å². The van der Waals surface area contributed by atoms with Crippen molar-refractivity contribution in [2.45, 2.75) is 19.3 Å². The molecule has 20 heavy (non-hydrogen) atoms. The van der Waals surface area contributed by atoms with Gasteiger partial charge in [0.15, 0.2) is 11.5 Å². The summed E-state index contributed by atoms with van der Waals surface area (Å²) < 4.78 is 15.3. The lowest BCUT2D eigenvalue weighted by Crippen LogP contribution is -2.28. The molecule has 1 aliphatic rings. The maximum Gasteiger partial charge on any atom is 0.306 e. The van der Waals surface area contributed by atoms with E-state index in [2.05, 4.69) is 4.74 Å². The molecule has 0 radical (unpaired) electrons. The van der Waals surface area contributed by atoms with E-state index in [-0.39, 0.29) is 24.1 Å². The predicted molar refractivity (Wildman–Crippen MR) is 72.1 cm³/mol. The third kappa shape index (κ3) is 2.61. The van der Waals surface area contributed by atoms with Crippen LogP contribution in [0.25, 0.3) is 0 Å². The van der Waals surface area contributed by atoms with Crippen molar-refractivity contribution >= 4 is 11.8 Å². The fraction of sp³-hybridized carbons (Fsp3) is 0.467. The molecule has 1 unspecified atom stereocenters. The highest BCUT2D eigenvalue weighted by Crippen LogP contribution is 2.38. The van der Waals surface area contributed by atoms with Crippen LogP contribution in [0.15, 0.2) is 12.1 Å². The third-order valence-corrected chi connectivity index (χ3v) is 3.66. The second-order valence-electron chi connectivity index (χ2n) is 4.76. The minimum Gasteiger partial charge on any atom is -0.493 e. The van der Waals surface area contributed by atoms with E-state index in [1.54, 1.807) is 20.3 Å². The first-order chi connectivity index (χ1) is 9.60. The molecular weight excluding hydrogens is 260 g/mol. The van der Waals surface area contributed by atoms with Crippen molar-refractivity contribution in [2.24, 2.45) is 5.92 Å². The number of ether oxygens (including phenoxy) is 3. The van der Waals surface area contributed by atoms with Gasteiger partial charge in [0.1, 0.15) is 5.78 Å². The molecule has 1 atom stereocenters. The summed E-state index contributed by atoms with van der Waals surface area (Å²) in [5, 5.41) is 0. The van der Waals surface area contributed by atoms with E-state index in [4.69, 9.17) is 9.47 Å². The minimum atomic E-state index is -0.367. The maximum absolute atomic E-state index is 12.1. The molecule has 1 aromatic carbocycles. The summed E-state index contributed by atoms with van der Waals surface area (Å²) in [7, 11) is 4.47. The van der Waals surface area contributed by atoms with Crippen molar-refractivity contribution in [2.75, 3.05) is 21.3 Å². The van der Waals surface area contributed by atoms with Gasteiger partial charge in [0, 0.05) is 17.9 Å². The van der Waals surface area contributed by atoms with Crippen molar-refractivity contribution in [3.8, 4) is 11.5 Å². The molecule has 1 aromatic rings. The van der Waals surface area contributed by atoms with Crippen LogP contribution in [0.4, 0.5) is 0 Å². The number of carbonyl (C=O) groups excluding carboxylic acids is 2. The molecule has 0 heterocycles.